The van der Waals surface area contributed by atoms with Crippen LogP contribution >= 0.6 is 0 Å². The van der Waals surface area contributed by atoms with Crippen LogP contribution in [-0.2, 0) is 4.74 Å². The summed E-state index contributed by atoms with van der Waals surface area (Å²) in [5.41, 5.74) is 8.53. The number of hydrogen-bond acceptors (Lipinski definition) is 3. The van der Waals surface area contributed by atoms with Crippen LogP contribution in [0.1, 0.15) is 25.1 Å². The molecule has 0 bridgehead atoms. The second-order valence-corrected chi connectivity index (χ2v) is 5.06. The first kappa shape index (κ1) is 12.4. The van der Waals surface area contributed by atoms with Crippen molar-refractivity contribution in [1.82, 2.24) is 9.78 Å². The van der Waals surface area contributed by atoms with E-state index in [1.807, 2.05) is 47.3 Å². The summed E-state index contributed by atoms with van der Waals surface area (Å²) < 4.78 is 7.55. The Morgan fingerprint density at radius 3 is 2.79 bits per heavy atom. The van der Waals surface area contributed by atoms with Crippen molar-refractivity contribution in [3.63, 3.8) is 0 Å². The van der Waals surface area contributed by atoms with Gasteiger partial charge in [0, 0.05) is 18.7 Å². The van der Waals surface area contributed by atoms with E-state index in [4.69, 9.17) is 10.5 Å². The quantitative estimate of drug-likeness (QED) is 0.918. The highest BCUT2D eigenvalue weighted by molar-refractivity contribution is 5.33. The van der Waals surface area contributed by atoms with E-state index in [-0.39, 0.29) is 12.1 Å². The largest absolute Gasteiger partial charge is 0.378 e. The van der Waals surface area contributed by atoms with Gasteiger partial charge in [-0.1, -0.05) is 18.2 Å². The third-order valence-corrected chi connectivity index (χ3v) is 3.91. The Hall–Kier alpha value is -1.65. The molecule has 1 aromatic heterocycles. The van der Waals surface area contributed by atoms with E-state index in [9.17, 15) is 0 Å². The van der Waals surface area contributed by atoms with Crippen molar-refractivity contribution < 1.29 is 4.74 Å². The van der Waals surface area contributed by atoms with Crippen LogP contribution in [0.15, 0.2) is 42.6 Å². The summed E-state index contributed by atoms with van der Waals surface area (Å²) in [4.78, 5) is 0. The highest BCUT2D eigenvalue weighted by Crippen LogP contribution is 2.32. The van der Waals surface area contributed by atoms with Gasteiger partial charge in [-0.2, -0.15) is 5.10 Å². The van der Waals surface area contributed by atoms with Gasteiger partial charge in [-0.15, -0.1) is 0 Å². The first-order chi connectivity index (χ1) is 9.27. The molecule has 1 fully saturated rings. The van der Waals surface area contributed by atoms with Crippen LogP contribution in [0.25, 0.3) is 5.69 Å². The molecule has 3 rings (SSSR count). The lowest BCUT2D eigenvalue weighted by Gasteiger charge is -2.22. The van der Waals surface area contributed by atoms with Gasteiger partial charge in [0.15, 0.2) is 0 Å². The van der Waals surface area contributed by atoms with Crippen LogP contribution in [0.3, 0.4) is 0 Å². The van der Waals surface area contributed by atoms with E-state index in [0.29, 0.717) is 5.92 Å². The molecule has 0 radical (unpaired) electrons. The Labute approximate surface area is 113 Å². The molecule has 3 unspecified atom stereocenters. The molecule has 4 heteroatoms. The molecule has 2 heterocycles. The van der Waals surface area contributed by atoms with Gasteiger partial charge in [-0.05, 0) is 31.5 Å². The number of aromatic nitrogens is 2. The van der Waals surface area contributed by atoms with Crippen LogP contribution < -0.4 is 5.73 Å². The van der Waals surface area contributed by atoms with Crippen molar-refractivity contribution in [2.24, 2.45) is 11.7 Å². The van der Waals surface area contributed by atoms with Crippen LogP contribution in [0, 0.1) is 5.92 Å². The zero-order valence-corrected chi connectivity index (χ0v) is 11.1. The Morgan fingerprint density at radius 2 is 2.11 bits per heavy atom. The van der Waals surface area contributed by atoms with Crippen LogP contribution in [-0.4, -0.2) is 22.5 Å². The molecule has 100 valence electrons. The van der Waals surface area contributed by atoms with Crippen molar-refractivity contribution in [2.45, 2.75) is 25.5 Å². The van der Waals surface area contributed by atoms with Crippen molar-refractivity contribution in [3.8, 4) is 5.69 Å². The van der Waals surface area contributed by atoms with Gasteiger partial charge in [0.1, 0.15) is 0 Å². The molecule has 1 saturated heterocycles. The second-order valence-electron chi connectivity index (χ2n) is 5.06. The van der Waals surface area contributed by atoms with E-state index in [1.54, 1.807) is 0 Å². The number of nitrogens with two attached hydrogens (primary N) is 1. The molecule has 0 saturated carbocycles. The molecule has 2 aromatic rings. The highest BCUT2D eigenvalue weighted by atomic mass is 16.5. The van der Waals surface area contributed by atoms with Gasteiger partial charge in [0.05, 0.1) is 23.5 Å². The molecular weight excluding hydrogens is 238 g/mol. The SMILES string of the molecule is CC1OCCC1C(N)c1ccnn1-c1ccccc1. The number of para-hydroxylation sites is 1. The van der Waals surface area contributed by atoms with Crippen LogP contribution in [0.4, 0.5) is 0 Å². The van der Waals surface area contributed by atoms with Gasteiger partial charge in [-0.25, -0.2) is 4.68 Å². The maximum Gasteiger partial charge on any atom is 0.0649 e. The molecule has 1 aliphatic rings. The van der Waals surface area contributed by atoms with Crippen LogP contribution in [0.5, 0.6) is 0 Å². The third kappa shape index (κ3) is 2.29. The average Bonchev–Trinajstić information content (AvgIpc) is 3.07. The molecule has 0 aliphatic carbocycles. The minimum atomic E-state index is -0.0415. The number of ether oxygens (including phenoxy) is 1. The Bertz CT molecular complexity index is 537. The molecule has 0 amide bonds. The molecule has 4 nitrogen and oxygen atoms in total. The number of nitrogens with zero attached hydrogens (tertiary/aromatic N) is 2. The topological polar surface area (TPSA) is 53.1 Å². The third-order valence-electron chi connectivity index (χ3n) is 3.91. The normalized spacial score (nSPS) is 24.5. The first-order valence-corrected chi connectivity index (χ1v) is 6.74. The number of hydrogen-bond donors (Lipinski definition) is 1. The summed E-state index contributed by atoms with van der Waals surface area (Å²) in [5, 5.41) is 4.40. The van der Waals surface area contributed by atoms with Crippen LogP contribution in [0.2, 0.25) is 0 Å². The average molecular weight is 257 g/mol. The van der Waals surface area contributed by atoms with E-state index in [1.165, 1.54) is 0 Å². The summed E-state index contributed by atoms with van der Waals surface area (Å²) in [7, 11) is 0. The summed E-state index contributed by atoms with van der Waals surface area (Å²) in [6.45, 7) is 2.90. The number of rotatable bonds is 3. The van der Waals surface area contributed by atoms with Gasteiger partial charge in [-0.3, -0.25) is 0 Å². The fourth-order valence-corrected chi connectivity index (χ4v) is 2.79. The van der Waals surface area contributed by atoms with E-state index in [0.717, 1.165) is 24.4 Å². The predicted octanol–water partition coefficient (Wildman–Crippen LogP) is 2.30. The molecule has 19 heavy (non-hydrogen) atoms. The fraction of sp³-hybridized carbons (Fsp3) is 0.400. The molecule has 2 N–H and O–H groups in total. The zero-order chi connectivity index (χ0) is 13.2. The van der Waals surface area contributed by atoms with Crippen molar-refractivity contribution in [1.29, 1.82) is 0 Å². The van der Waals surface area contributed by atoms with Gasteiger partial charge < -0.3 is 10.5 Å². The van der Waals surface area contributed by atoms with E-state index in [2.05, 4.69) is 12.0 Å². The lowest BCUT2D eigenvalue weighted by molar-refractivity contribution is 0.0989. The zero-order valence-electron chi connectivity index (χ0n) is 11.1. The molecular formula is C15H19N3O. The Balaban J connectivity index is 1.92. The van der Waals surface area contributed by atoms with Gasteiger partial charge in [0.25, 0.3) is 0 Å². The monoisotopic (exact) mass is 257 g/mol. The Morgan fingerprint density at radius 1 is 1.32 bits per heavy atom. The Kier molecular flexibility index (Phi) is 3.36. The summed E-state index contributed by atoms with van der Waals surface area (Å²) in [6.07, 6.45) is 3.04. The molecule has 1 aromatic carbocycles. The lowest BCUT2D eigenvalue weighted by Crippen LogP contribution is -2.28. The van der Waals surface area contributed by atoms with Crippen molar-refractivity contribution >= 4 is 0 Å². The fourth-order valence-electron chi connectivity index (χ4n) is 2.79. The maximum atomic E-state index is 6.43. The highest BCUT2D eigenvalue weighted by Gasteiger charge is 2.32. The molecule has 0 spiro atoms. The first-order valence-electron chi connectivity index (χ1n) is 6.74. The lowest BCUT2D eigenvalue weighted by atomic mass is 9.92. The molecule has 3 atom stereocenters. The van der Waals surface area contributed by atoms with Gasteiger partial charge in [0.2, 0.25) is 0 Å². The minimum absolute atomic E-state index is 0.0415. The second kappa shape index (κ2) is 5.15. The smallest absolute Gasteiger partial charge is 0.0649 e. The summed E-state index contributed by atoms with van der Waals surface area (Å²) >= 11 is 0. The standard InChI is InChI=1S/C15H19N3O/c1-11-13(8-10-19-11)15(16)14-7-9-17-18(14)12-5-3-2-4-6-12/h2-7,9,11,13,15H,8,10,16H2,1H3. The van der Waals surface area contributed by atoms with Gasteiger partial charge >= 0.3 is 0 Å². The van der Waals surface area contributed by atoms with E-state index < -0.39 is 0 Å². The molecule has 1 aliphatic heterocycles. The van der Waals surface area contributed by atoms with E-state index >= 15 is 0 Å². The predicted molar refractivity (Wildman–Crippen MR) is 74.0 cm³/mol. The number of benzene rings is 1. The minimum Gasteiger partial charge on any atom is -0.378 e. The maximum absolute atomic E-state index is 6.43. The summed E-state index contributed by atoms with van der Waals surface area (Å²) in [5.74, 6) is 0.360. The van der Waals surface area contributed by atoms with Crippen molar-refractivity contribution in [2.75, 3.05) is 6.61 Å². The van der Waals surface area contributed by atoms with Crippen molar-refractivity contribution in [3.05, 3.63) is 48.3 Å². The summed E-state index contributed by atoms with van der Waals surface area (Å²) in [6, 6.07) is 12.1.